The van der Waals surface area contributed by atoms with E-state index in [0.717, 1.165) is 19.2 Å². The van der Waals surface area contributed by atoms with Crippen LogP contribution >= 0.6 is 0 Å². The molecule has 0 unspecified atom stereocenters. The maximum atomic E-state index is 15.6. The molecule has 4 aromatic rings. The molecule has 1 fully saturated rings. The monoisotopic (exact) mass is 579 g/mol. The van der Waals surface area contributed by atoms with Crippen molar-refractivity contribution in [2.24, 2.45) is 5.73 Å². The van der Waals surface area contributed by atoms with Gasteiger partial charge in [0.15, 0.2) is 5.82 Å². The summed E-state index contributed by atoms with van der Waals surface area (Å²) < 4.78 is 92.3. The van der Waals surface area contributed by atoms with Gasteiger partial charge in [-0.1, -0.05) is 0 Å². The fourth-order valence-corrected chi connectivity index (χ4v) is 4.76. The molecule has 0 saturated carbocycles. The summed E-state index contributed by atoms with van der Waals surface area (Å²) >= 11 is 0. The van der Waals surface area contributed by atoms with E-state index in [-0.39, 0.29) is 33.4 Å². The number of hydrogen-bond donors (Lipinski definition) is 2. The number of ether oxygens (including phenoxy) is 1. The summed E-state index contributed by atoms with van der Waals surface area (Å²) in [5, 5.41) is 4.21. The Morgan fingerprint density at radius 1 is 0.976 bits per heavy atom. The first-order valence-corrected chi connectivity index (χ1v) is 12.3. The van der Waals surface area contributed by atoms with Gasteiger partial charge >= 0.3 is 12.2 Å². The van der Waals surface area contributed by atoms with Gasteiger partial charge in [0.25, 0.3) is 0 Å². The van der Waals surface area contributed by atoms with Crippen molar-refractivity contribution < 1.29 is 35.9 Å². The first-order valence-electron chi connectivity index (χ1n) is 12.3. The molecule has 2 aromatic heterocycles. The van der Waals surface area contributed by atoms with Crippen molar-refractivity contribution in [3.63, 3.8) is 0 Å². The zero-order valence-electron chi connectivity index (χ0n) is 21.3. The average molecular weight is 580 g/mol. The number of anilines is 3. The largest absolute Gasteiger partial charge is 0.416 e. The minimum absolute atomic E-state index is 0.0127. The fraction of sp³-hybridized carbons (Fsp3) is 0.269. The lowest BCUT2D eigenvalue weighted by Gasteiger charge is -2.26. The van der Waals surface area contributed by atoms with Crippen molar-refractivity contribution in [1.82, 2.24) is 19.5 Å². The van der Waals surface area contributed by atoms with Crippen LogP contribution in [0.4, 0.5) is 48.3 Å². The maximum absolute atomic E-state index is 15.6. The Kier molecular flexibility index (Phi) is 7.48. The zero-order chi connectivity index (χ0) is 29.5. The molecule has 5 rings (SSSR count). The van der Waals surface area contributed by atoms with Gasteiger partial charge in [0, 0.05) is 48.9 Å². The number of urea groups is 1. The SMILES string of the molecule is NC(=O)N(c1cc(C(F)(F)F)ccc1F)c1cc(F)c(-c2cc(CCN3CCOCC3)n3ncnc(N)c23)cc1F. The third kappa shape index (κ3) is 5.50. The smallest absolute Gasteiger partial charge is 0.382 e. The molecule has 0 atom stereocenters. The highest BCUT2D eigenvalue weighted by molar-refractivity contribution is 5.99. The molecule has 41 heavy (non-hydrogen) atoms. The third-order valence-electron chi connectivity index (χ3n) is 6.75. The van der Waals surface area contributed by atoms with E-state index in [9.17, 15) is 22.4 Å². The van der Waals surface area contributed by atoms with Gasteiger partial charge in [-0.25, -0.2) is 27.5 Å². The van der Waals surface area contributed by atoms with E-state index in [0.29, 0.717) is 50.1 Å². The van der Waals surface area contributed by atoms with Crippen LogP contribution in [0.3, 0.4) is 0 Å². The number of amides is 2. The number of alkyl halides is 3. The van der Waals surface area contributed by atoms with E-state index in [4.69, 9.17) is 16.2 Å². The first-order chi connectivity index (χ1) is 19.5. The molecule has 1 aliphatic heterocycles. The van der Waals surface area contributed by atoms with Crippen LogP contribution in [0, 0.1) is 17.5 Å². The van der Waals surface area contributed by atoms with Crippen LogP contribution in [0.25, 0.3) is 16.6 Å². The quantitative estimate of drug-likeness (QED) is 0.325. The molecule has 9 nitrogen and oxygen atoms in total. The Bertz CT molecular complexity index is 1620. The van der Waals surface area contributed by atoms with Gasteiger partial charge in [0.2, 0.25) is 0 Å². The Morgan fingerprint density at radius 2 is 1.68 bits per heavy atom. The molecule has 0 bridgehead atoms. The first kappa shape index (κ1) is 28.2. The number of rotatable bonds is 6. The fourth-order valence-electron chi connectivity index (χ4n) is 4.76. The number of primary amides is 1. The predicted octanol–water partition coefficient (Wildman–Crippen LogP) is 4.51. The summed E-state index contributed by atoms with van der Waals surface area (Å²) in [6.07, 6.45) is -3.21. The van der Waals surface area contributed by atoms with Gasteiger partial charge in [-0.05, 0) is 30.3 Å². The standard InChI is InChI=1S/C26H23F6N7O2/c27-18-2-1-14(26(30,31)32)9-21(18)38(25(34)40)22-12-19(28)16(11-20(22)29)17-10-15(3-4-37-5-7-41-8-6-37)39-23(17)24(33)35-13-36-39/h1-2,9-13H,3-8H2,(H2,34,40)(H2,33,35,36). The molecule has 3 heterocycles. The van der Waals surface area contributed by atoms with Crippen LogP contribution in [0.1, 0.15) is 11.3 Å². The molecule has 15 heteroatoms. The minimum atomic E-state index is -4.91. The topological polar surface area (TPSA) is 115 Å². The summed E-state index contributed by atoms with van der Waals surface area (Å²) in [6.45, 7) is 3.29. The summed E-state index contributed by atoms with van der Waals surface area (Å²) in [5.41, 5.74) is 8.82. The Morgan fingerprint density at radius 3 is 2.37 bits per heavy atom. The summed E-state index contributed by atoms with van der Waals surface area (Å²) in [6, 6.07) is 2.49. The van der Waals surface area contributed by atoms with E-state index in [1.54, 1.807) is 6.07 Å². The Labute approximate surface area is 228 Å². The number of nitrogens with two attached hydrogens (primary N) is 2. The molecule has 0 spiro atoms. The molecule has 1 aliphatic rings. The lowest BCUT2D eigenvalue weighted by atomic mass is 10.0. The average Bonchev–Trinajstić information content (AvgIpc) is 3.30. The number of nitrogen functional groups attached to an aromatic ring is 1. The molecule has 2 amide bonds. The molecule has 1 saturated heterocycles. The van der Waals surface area contributed by atoms with Crippen molar-refractivity contribution in [3.05, 3.63) is 71.4 Å². The summed E-state index contributed by atoms with van der Waals surface area (Å²) in [5.74, 6) is -3.67. The number of aromatic nitrogens is 3. The highest BCUT2D eigenvalue weighted by Crippen LogP contribution is 2.39. The number of halogens is 6. The number of benzene rings is 2. The van der Waals surface area contributed by atoms with Crippen molar-refractivity contribution >= 4 is 28.7 Å². The van der Waals surface area contributed by atoms with Crippen molar-refractivity contribution in [2.75, 3.05) is 43.5 Å². The minimum Gasteiger partial charge on any atom is -0.382 e. The Balaban J connectivity index is 1.58. The van der Waals surface area contributed by atoms with Crippen LogP contribution in [-0.2, 0) is 17.3 Å². The second kappa shape index (κ2) is 10.9. The van der Waals surface area contributed by atoms with Crippen molar-refractivity contribution in [1.29, 1.82) is 0 Å². The summed E-state index contributed by atoms with van der Waals surface area (Å²) in [7, 11) is 0. The van der Waals surface area contributed by atoms with Crippen LogP contribution in [0.15, 0.2) is 42.7 Å². The van der Waals surface area contributed by atoms with Gasteiger partial charge in [-0.3, -0.25) is 9.80 Å². The van der Waals surface area contributed by atoms with Gasteiger partial charge in [-0.2, -0.15) is 18.3 Å². The number of nitrogens with zero attached hydrogens (tertiary/aromatic N) is 5. The Hall–Kier alpha value is -4.37. The molecule has 0 aliphatic carbocycles. The molecule has 4 N–H and O–H groups in total. The summed E-state index contributed by atoms with van der Waals surface area (Å²) in [4.78, 5) is 18.5. The predicted molar refractivity (Wildman–Crippen MR) is 137 cm³/mol. The highest BCUT2D eigenvalue weighted by atomic mass is 19.4. The van der Waals surface area contributed by atoms with Gasteiger partial charge in [0.05, 0.1) is 30.2 Å². The molecule has 2 aromatic carbocycles. The number of hydrogen-bond acceptors (Lipinski definition) is 6. The van der Waals surface area contributed by atoms with Crippen molar-refractivity contribution in [2.45, 2.75) is 12.6 Å². The van der Waals surface area contributed by atoms with E-state index in [1.165, 1.54) is 10.8 Å². The molecule has 0 radical (unpaired) electrons. The van der Waals surface area contributed by atoms with Crippen LogP contribution < -0.4 is 16.4 Å². The number of carbonyl (C=O) groups is 1. The van der Waals surface area contributed by atoms with E-state index in [2.05, 4.69) is 15.0 Å². The normalized spacial score (nSPS) is 14.5. The maximum Gasteiger partial charge on any atom is 0.416 e. The third-order valence-corrected chi connectivity index (χ3v) is 6.75. The van der Waals surface area contributed by atoms with Crippen LogP contribution in [0.5, 0.6) is 0 Å². The van der Waals surface area contributed by atoms with Gasteiger partial charge in [0.1, 0.15) is 29.3 Å². The van der Waals surface area contributed by atoms with E-state index < -0.39 is 46.6 Å². The van der Waals surface area contributed by atoms with Gasteiger partial charge in [-0.15, -0.1) is 0 Å². The van der Waals surface area contributed by atoms with E-state index >= 15 is 8.78 Å². The zero-order valence-corrected chi connectivity index (χ0v) is 21.3. The van der Waals surface area contributed by atoms with Crippen LogP contribution in [0.2, 0.25) is 0 Å². The molecular formula is C26H23F6N7O2. The second-order valence-corrected chi connectivity index (χ2v) is 9.28. The number of fused-ring (bicyclic) bond motifs is 1. The van der Waals surface area contributed by atoms with E-state index in [1.807, 2.05) is 0 Å². The lowest BCUT2D eigenvalue weighted by Crippen LogP contribution is -2.37. The second-order valence-electron chi connectivity index (χ2n) is 9.28. The highest BCUT2D eigenvalue weighted by Gasteiger charge is 2.33. The molecular weight excluding hydrogens is 556 g/mol. The van der Waals surface area contributed by atoms with Crippen LogP contribution in [-0.4, -0.2) is 58.4 Å². The number of morpholine rings is 1. The van der Waals surface area contributed by atoms with Gasteiger partial charge < -0.3 is 16.2 Å². The molecule has 216 valence electrons. The lowest BCUT2D eigenvalue weighted by molar-refractivity contribution is -0.137. The number of carbonyl (C=O) groups excluding carboxylic acids is 1. The van der Waals surface area contributed by atoms with Crippen molar-refractivity contribution in [3.8, 4) is 11.1 Å².